The third kappa shape index (κ3) is 2.92. The van der Waals surface area contributed by atoms with E-state index in [0.717, 1.165) is 17.8 Å². The fraction of sp³-hybridized carbons (Fsp3) is 0.182. The number of nitrogens with one attached hydrogen (secondary N) is 1. The van der Waals surface area contributed by atoms with Gasteiger partial charge in [-0.3, -0.25) is 10.1 Å². The highest BCUT2D eigenvalue weighted by atomic mass is 16.6. The highest BCUT2D eigenvalue weighted by Crippen LogP contribution is 2.17. The molecule has 0 saturated carbocycles. The summed E-state index contributed by atoms with van der Waals surface area (Å²) < 4.78 is 4.88. The Bertz CT molecular complexity index is 529. The predicted molar refractivity (Wildman–Crippen MR) is 63.5 cm³/mol. The van der Waals surface area contributed by atoms with E-state index in [2.05, 4.69) is 15.5 Å². The second-order valence-corrected chi connectivity index (χ2v) is 3.70. The molecule has 1 aliphatic rings. The van der Waals surface area contributed by atoms with Gasteiger partial charge >= 0.3 is 11.9 Å². The van der Waals surface area contributed by atoms with Crippen LogP contribution in [0.4, 0.5) is 4.79 Å². The average molecular weight is 262 g/mol. The topological polar surface area (TPSA) is 106 Å². The molecule has 0 fully saturated rings. The van der Waals surface area contributed by atoms with Crippen LogP contribution < -0.4 is 5.32 Å². The molecule has 1 amide bonds. The summed E-state index contributed by atoms with van der Waals surface area (Å²) in [6, 6.07) is 8.96. The fourth-order valence-electron chi connectivity index (χ4n) is 1.41. The number of ether oxygens (including phenoxy) is 1. The molecule has 1 heterocycles. The summed E-state index contributed by atoms with van der Waals surface area (Å²) in [7, 11) is 0. The Morgan fingerprint density at radius 1 is 1.42 bits per heavy atom. The zero-order valence-corrected chi connectivity index (χ0v) is 9.72. The van der Waals surface area contributed by atoms with E-state index in [4.69, 9.17) is 4.74 Å². The fourth-order valence-corrected chi connectivity index (χ4v) is 1.41. The molecule has 1 atom stereocenters. The van der Waals surface area contributed by atoms with E-state index in [1.165, 1.54) is 0 Å². The van der Waals surface area contributed by atoms with Crippen molar-refractivity contribution in [1.29, 1.82) is 0 Å². The number of rotatable bonds is 4. The summed E-state index contributed by atoms with van der Waals surface area (Å²) in [5.74, 6) is -2.06. The van der Waals surface area contributed by atoms with Gasteiger partial charge in [0.1, 0.15) is 6.61 Å². The van der Waals surface area contributed by atoms with Crippen LogP contribution in [0.25, 0.3) is 0 Å². The molecular weight excluding hydrogens is 252 g/mol. The number of benzene rings is 1. The van der Waals surface area contributed by atoms with Gasteiger partial charge in [-0.15, -0.1) is 0 Å². The third-order valence-corrected chi connectivity index (χ3v) is 2.36. The Morgan fingerprint density at radius 3 is 2.74 bits per heavy atom. The summed E-state index contributed by atoms with van der Waals surface area (Å²) in [6.07, 6.45) is 1.27. The lowest BCUT2D eigenvalue weighted by Crippen LogP contribution is -2.50. The first kappa shape index (κ1) is 12.7. The van der Waals surface area contributed by atoms with Crippen molar-refractivity contribution in [3.05, 3.63) is 58.3 Å². The maximum atomic E-state index is 11.5. The Labute approximate surface area is 107 Å². The molecule has 1 aromatic carbocycles. The maximum Gasteiger partial charge on any atom is 0.436 e. The SMILES string of the molecule is O=C(NC1([N+](=O)[O-])C=CN=N1)OCc1ccccc1. The van der Waals surface area contributed by atoms with Crippen molar-refractivity contribution in [3.8, 4) is 0 Å². The number of hydrogen-bond donors (Lipinski definition) is 1. The summed E-state index contributed by atoms with van der Waals surface area (Å²) in [6.45, 7) is 0.0152. The van der Waals surface area contributed by atoms with Gasteiger partial charge in [0.2, 0.25) is 0 Å². The zero-order valence-electron chi connectivity index (χ0n) is 9.72. The second kappa shape index (κ2) is 5.25. The van der Waals surface area contributed by atoms with Crippen LogP contribution in [-0.4, -0.2) is 16.8 Å². The average Bonchev–Trinajstić information content (AvgIpc) is 2.87. The number of hydrogen-bond acceptors (Lipinski definition) is 6. The Morgan fingerprint density at radius 2 is 2.16 bits per heavy atom. The first-order valence-corrected chi connectivity index (χ1v) is 5.35. The van der Waals surface area contributed by atoms with E-state index in [0.29, 0.717) is 0 Å². The largest absolute Gasteiger partial charge is 0.444 e. The Kier molecular flexibility index (Phi) is 3.51. The van der Waals surface area contributed by atoms with Crippen LogP contribution in [-0.2, 0) is 11.3 Å². The summed E-state index contributed by atoms with van der Waals surface area (Å²) in [5.41, 5.74) is 0.774. The number of nitrogens with zero attached hydrogens (tertiary/aromatic N) is 3. The normalized spacial score (nSPS) is 20.2. The second-order valence-electron chi connectivity index (χ2n) is 3.70. The van der Waals surface area contributed by atoms with E-state index in [-0.39, 0.29) is 6.61 Å². The highest BCUT2D eigenvalue weighted by Gasteiger charge is 2.45. The van der Waals surface area contributed by atoms with Crippen LogP contribution in [0.5, 0.6) is 0 Å². The van der Waals surface area contributed by atoms with Gasteiger partial charge in [0.15, 0.2) is 0 Å². The molecule has 1 aliphatic heterocycles. The van der Waals surface area contributed by atoms with Crippen LogP contribution in [0.1, 0.15) is 5.56 Å². The molecule has 0 aliphatic carbocycles. The van der Waals surface area contributed by atoms with Gasteiger partial charge in [0.05, 0.1) is 17.2 Å². The molecule has 8 nitrogen and oxygen atoms in total. The van der Waals surface area contributed by atoms with Gasteiger partial charge in [-0.1, -0.05) is 35.4 Å². The van der Waals surface area contributed by atoms with Gasteiger partial charge < -0.3 is 4.74 Å². The number of alkyl carbamates (subject to hydrolysis) is 1. The third-order valence-electron chi connectivity index (χ3n) is 2.36. The van der Waals surface area contributed by atoms with Gasteiger partial charge in [-0.05, 0) is 5.56 Å². The number of amides is 1. The van der Waals surface area contributed by atoms with Crippen molar-refractivity contribution in [2.24, 2.45) is 10.2 Å². The van der Waals surface area contributed by atoms with Gasteiger partial charge in [0.25, 0.3) is 0 Å². The van der Waals surface area contributed by atoms with Gasteiger partial charge in [-0.2, -0.15) is 5.11 Å². The van der Waals surface area contributed by atoms with E-state index in [1.807, 2.05) is 6.07 Å². The lowest BCUT2D eigenvalue weighted by Gasteiger charge is -2.14. The predicted octanol–water partition coefficient (Wildman–Crippen LogP) is 1.82. The first-order valence-electron chi connectivity index (χ1n) is 5.35. The van der Waals surface area contributed by atoms with Crippen molar-refractivity contribution >= 4 is 6.09 Å². The molecule has 1 aromatic rings. The maximum absolute atomic E-state index is 11.5. The molecule has 98 valence electrons. The Hall–Kier alpha value is -2.77. The molecule has 0 aromatic heterocycles. The zero-order chi connectivity index (χ0) is 13.7. The minimum atomic E-state index is -2.06. The molecule has 1 N–H and O–H groups in total. The van der Waals surface area contributed by atoms with Crippen molar-refractivity contribution in [3.63, 3.8) is 0 Å². The smallest absolute Gasteiger partial charge is 0.436 e. The van der Waals surface area contributed by atoms with Crippen LogP contribution in [0.2, 0.25) is 0 Å². The monoisotopic (exact) mass is 262 g/mol. The number of azo groups is 1. The molecule has 0 saturated heterocycles. The van der Waals surface area contributed by atoms with Crippen molar-refractivity contribution in [2.75, 3.05) is 0 Å². The number of carbonyl (C=O) groups excluding carboxylic acids is 1. The molecule has 0 spiro atoms. The molecule has 2 rings (SSSR count). The van der Waals surface area contributed by atoms with Crippen LogP contribution >= 0.6 is 0 Å². The van der Waals surface area contributed by atoms with Crippen LogP contribution in [0, 0.1) is 10.1 Å². The minimum Gasteiger partial charge on any atom is -0.444 e. The molecular formula is C11H10N4O4. The standard InChI is InChI=1S/C11H10N4O4/c16-10(19-8-9-4-2-1-3-5-9)13-11(15(17)18)6-7-12-14-11/h1-7H,8H2,(H,13,16). The van der Waals surface area contributed by atoms with Crippen molar-refractivity contribution in [2.45, 2.75) is 12.4 Å². The van der Waals surface area contributed by atoms with E-state index in [1.54, 1.807) is 24.3 Å². The summed E-state index contributed by atoms with van der Waals surface area (Å²) in [5, 5.41) is 19.6. The summed E-state index contributed by atoms with van der Waals surface area (Å²) >= 11 is 0. The van der Waals surface area contributed by atoms with Gasteiger partial charge in [-0.25, -0.2) is 10.1 Å². The highest BCUT2D eigenvalue weighted by molar-refractivity contribution is 5.68. The minimum absolute atomic E-state index is 0.0152. The number of nitro groups is 1. The van der Waals surface area contributed by atoms with E-state index in [9.17, 15) is 14.9 Å². The van der Waals surface area contributed by atoms with E-state index < -0.39 is 16.8 Å². The van der Waals surface area contributed by atoms with Crippen molar-refractivity contribution in [1.82, 2.24) is 5.32 Å². The van der Waals surface area contributed by atoms with Crippen LogP contribution in [0.15, 0.2) is 52.8 Å². The lowest BCUT2D eigenvalue weighted by molar-refractivity contribution is -0.558. The van der Waals surface area contributed by atoms with Crippen molar-refractivity contribution < 1.29 is 14.5 Å². The molecule has 19 heavy (non-hydrogen) atoms. The quantitative estimate of drug-likeness (QED) is 0.507. The first-order chi connectivity index (χ1) is 9.12. The molecule has 0 bridgehead atoms. The molecule has 0 radical (unpaired) electrons. The molecule has 8 heteroatoms. The lowest BCUT2D eigenvalue weighted by atomic mass is 10.2. The van der Waals surface area contributed by atoms with Crippen LogP contribution in [0.3, 0.4) is 0 Å². The van der Waals surface area contributed by atoms with Gasteiger partial charge in [0, 0.05) is 0 Å². The summed E-state index contributed by atoms with van der Waals surface area (Å²) in [4.78, 5) is 21.6. The Balaban J connectivity index is 1.93. The molecule has 1 unspecified atom stereocenters. The number of carbonyl (C=O) groups is 1. The van der Waals surface area contributed by atoms with E-state index >= 15 is 0 Å².